The van der Waals surface area contributed by atoms with Gasteiger partial charge in [0.05, 0.1) is 26.9 Å². The van der Waals surface area contributed by atoms with Gasteiger partial charge in [-0.25, -0.2) is 8.42 Å². The van der Waals surface area contributed by atoms with E-state index in [-0.39, 0.29) is 22.0 Å². The fourth-order valence-electron chi connectivity index (χ4n) is 2.73. The third-order valence-electron chi connectivity index (χ3n) is 4.52. The van der Waals surface area contributed by atoms with Crippen LogP contribution in [0.5, 0.6) is 0 Å². The second-order valence-electron chi connectivity index (χ2n) is 6.70. The van der Waals surface area contributed by atoms with E-state index in [4.69, 9.17) is 27.7 Å². The van der Waals surface area contributed by atoms with Crippen LogP contribution in [-0.2, 0) is 16.6 Å². The number of nitrogens with one attached hydrogen (secondary N) is 2. The molecule has 0 unspecified atom stereocenters. The summed E-state index contributed by atoms with van der Waals surface area (Å²) in [5, 5.41) is 7.11. The second-order valence-corrected chi connectivity index (χ2v) is 9.19. The molecule has 0 atom stereocenters. The topological polar surface area (TPSA) is 101 Å². The number of hydrogen-bond donors (Lipinski definition) is 2. The Morgan fingerprint density at radius 1 is 1.07 bits per heavy atom. The lowest BCUT2D eigenvalue weighted by Gasteiger charge is -2.12. The number of hydrogen-bond acceptors (Lipinski definition) is 5. The summed E-state index contributed by atoms with van der Waals surface area (Å²) < 4.78 is 33.1. The van der Waals surface area contributed by atoms with Gasteiger partial charge < -0.3 is 9.84 Å². The van der Waals surface area contributed by atoms with Crippen molar-refractivity contribution in [2.45, 2.75) is 32.2 Å². The summed E-state index contributed by atoms with van der Waals surface area (Å²) >= 11 is 12.2. The minimum atomic E-state index is -3.96. The first-order valence-electron chi connectivity index (χ1n) is 8.87. The molecule has 1 aromatic heterocycles. The van der Waals surface area contributed by atoms with Gasteiger partial charge in [0.2, 0.25) is 0 Å². The zero-order valence-electron chi connectivity index (χ0n) is 16.4. The summed E-state index contributed by atoms with van der Waals surface area (Å²) in [4.78, 5) is 12.5. The van der Waals surface area contributed by atoms with E-state index in [1.165, 1.54) is 24.3 Å². The molecule has 0 fully saturated rings. The second kappa shape index (κ2) is 8.67. The highest BCUT2D eigenvalue weighted by molar-refractivity contribution is 7.92. The maximum absolute atomic E-state index is 12.8. The molecule has 0 bridgehead atoms. The third kappa shape index (κ3) is 4.77. The average Bonchev–Trinajstić information content (AvgIpc) is 3.00. The van der Waals surface area contributed by atoms with E-state index >= 15 is 0 Å². The molecule has 0 saturated carbocycles. The summed E-state index contributed by atoms with van der Waals surface area (Å²) in [5.74, 6) is 0.0756. The number of aromatic nitrogens is 1. The molecule has 30 heavy (non-hydrogen) atoms. The SMILES string of the molecule is Cc1ccc(NS(=O)(=O)c2ccc(Cl)c(C(=O)NCc3c(C)noc3C)c2)cc1Cl. The summed E-state index contributed by atoms with van der Waals surface area (Å²) in [7, 11) is -3.96. The van der Waals surface area contributed by atoms with E-state index in [9.17, 15) is 13.2 Å². The van der Waals surface area contributed by atoms with Crippen molar-refractivity contribution in [1.82, 2.24) is 10.5 Å². The molecular weight excluding hydrogens is 449 g/mol. The molecule has 0 spiro atoms. The van der Waals surface area contributed by atoms with Gasteiger partial charge in [0.25, 0.3) is 15.9 Å². The molecule has 0 aliphatic carbocycles. The zero-order chi connectivity index (χ0) is 22.1. The predicted molar refractivity (Wildman–Crippen MR) is 116 cm³/mol. The van der Waals surface area contributed by atoms with E-state index in [2.05, 4.69) is 15.2 Å². The van der Waals surface area contributed by atoms with Gasteiger partial charge in [-0.2, -0.15) is 0 Å². The van der Waals surface area contributed by atoms with Gasteiger partial charge in [-0.1, -0.05) is 34.4 Å². The molecule has 3 aromatic rings. The number of rotatable bonds is 6. The predicted octanol–water partition coefficient (Wildman–Crippen LogP) is 4.64. The Kier molecular flexibility index (Phi) is 6.40. The Balaban J connectivity index is 1.82. The Labute approximate surface area is 184 Å². The van der Waals surface area contributed by atoms with Crippen molar-refractivity contribution in [2.24, 2.45) is 0 Å². The van der Waals surface area contributed by atoms with E-state index in [1.807, 2.05) is 6.92 Å². The van der Waals surface area contributed by atoms with Gasteiger partial charge in [-0.3, -0.25) is 9.52 Å². The minimum absolute atomic E-state index is 0.0354. The first-order chi connectivity index (χ1) is 14.1. The zero-order valence-corrected chi connectivity index (χ0v) is 18.7. The van der Waals surface area contributed by atoms with Crippen LogP contribution in [0, 0.1) is 20.8 Å². The van der Waals surface area contributed by atoms with Crippen molar-refractivity contribution in [3.05, 3.63) is 74.6 Å². The van der Waals surface area contributed by atoms with E-state index < -0.39 is 15.9 Å². The molecule has 2 N–H and O–H groups in total. The lowest BCUT2D eigenvalue weighted by molar-refractivity contribution is 0.0950. The Morgan fingerprint density at radius 2 is 1.80 bits per heavy atom. The fraction of sp³-hybridized carbons (Fsp3) is 0.200. The fourth-order valence-corrected chi connectivity index (χ4v) is 4.19. The van der Waals surface area contributed by atoms with Crippen molar-refractivity contribution in [3.63, 3.8) is 0 Å². The van der Waals surface area contributed by atoms with Crippen molar-refractivity contribution < 1.29 is 17.7 Å². The summed E-state index contributed by atoms with van der Waals surface area (Å²) in [6.45, 7) is 5.49. The van der Waals surface area contributed by atoms with E-state index in [0.717, 1.165) is 11.1 Å². The number of aryl methyl sites for hydroxylation is 3. The van der Waals surface area contributed by atoms with Crippen LogP contribution in [0.1, 0.15) is 32.9 Å². The third-order valence-corrected chi connectivity index (χ3v) is 6.64. The van der Waals surface area contributed by atoms with Crippen LogP contribution >= 0.6 is 23.2 Å². The molecule has 0 radical (unpaired) electrons. The smallest absolute Gasteiger partial charge is 0.261 e. The normalized spacial score (nSPS) is 11.4. The molecule has 10 heteroatoms. The molecule has 7 nitrogen and oxygen atoms in total. The van der Waals surface area contributed by atoms with Gasteiger partial charge in [0.15, 0.2) is 0 Å². The van der Waals surface area contributed by atoms with Gasteiger partial charge in [-0.05, 0) is 56.7 Å². The molecule has 158 valence electrons. The number of amides is 1. The molecule has 3 rings (SSSR count). The largest absolute Gasteiger partial charge is 0.361 e. The Hall–Kier alpha value is -2.55. The molecule has 1 amide bonds. The average molecular weight is 468 g/mol. The molecule has 2 aromatic carbocycles. The van der Waals surface area contributed by atoms with Crippen molar-refractivity contribution in [2.75, 3.05) is 4.72 Å². The summed E-state index contributed by atoms with van der Waals surface area (Å²) in [5.41, 5.74) is 2.58. The van der Waals surface area contributed by atoms with Crippen LogP contribution in [0.3, 0.4) is 0 Å². The van der Waals surface area contributed by atoms with Crippen LogP contribution in [0.4, 0.5) is 5.69 Å². The lowest BCUT2D eigenvalue weighted by Crippen LogP contribution is -2.24. The van der Waals surface area contributed by atoms with Crippen LogP contribution in [0.15, 0.2) is 45.8 Å². The summed E-state index contributed by atoms with van der Waals surface area (Å²) in [6, 6.07) is 8.74. The number of anilines is 1. The first kappa shape index (κ1) is 22.1. The van der Waals surface area contributed by atoms with Crippen LogP contribution < -0.4 is 10.0 Å². The number of sulfonamides is 1. The molecule has 1 heterocycles. The van der Waals surface area contributed by atoms with E-state index in [0.29, 0.717) is 22.2 Å². The molecular formula is C20H19Cl2N3O4S. The highest BCUT2D eigenvalue weighted by Gasteiger charge is 2.20. The monoisotopic (exact) mass is 467 g/mol. The van der Waals surface area contributed by atoms with Crippen LogP contribution in [-0.4, -0.2) is 19.5 Å². The number of carbonyl (C=O) groups excluding carboxylic acids is 1. The highest BCUT2D eigenvalue weighted by Crippen LogP contribution is 2.25. The number of carbonyl (C=O) groups is 1. The standard InChI is InChI=1S/C20H19Cl2N3O4S/c1-11-4-5-14(8-19(11)22)25-30(27,28)15-6-7-18(21)16(9-15)20(26)23-10-17-12(2)24-29-13(17)3/h4-9,25H,10H2,1-3H3,(H,23,26). The molecule has 0 aliphatic heterocycles. The number of halogens is 2. The molecule has 0 saturated heterocycles. The Bertz CT molecular complexity index is 1200. The van der Waals surface area contributed by atoms with E-state index in [1.54, 1.807) is 26.0 Å². The van der Waals surface area contributed by atoms with Crippen molar-refractivity contribution >= 4 is 44.8 Å². The van der Waals surface area contributed by atoms with Crippen molar-refractivity contribution in [3.8, 4) is 0 Å². The van der Waals surface area contributed by atoms with Gasteiger partial charge in [0.1, 0.15) is 5.76 Å². The van der Waals surface area contributed by atoms with Crippen LogP contribution in [0.2, 0.25) is 10.0 Å². The van der Waals surface area contributed by atoms with Gasteiger partial charge in [0, 0.05) is 17.1 Å². The first-order valence-corrected chi connectivity index (χ1v) is 11.1. The summed E-state index contributed by atoms with van der Waals surface area (Å²) in [6.07, 6.45) is 0. The van der Waals surface area contributed by atoms with Gasteiger partial charge in [-0.15, -0.1) is 0 Å². The highest BCUT2D eigenvalue weighted by atomic mass is 35.5. The van der Waals surface area contributed by atoms with Crippen LogP contribution in [0.25, 0.3) is 0 Å². The molecule has 0 aliphatic rings. The number of benzene rings is 2. The maximum Gasteiger partial charge on any atom is 0.261 e. The minimum Gasteiger partial charge on any atom is -0.361 e. The quantitative estimate of drug-likeness (QED) is 0.549. The van der Waals surface area contributed by atoms with Gasteiger partial charge >= 0.3 is 0 Å². The van der Waals surface area contributed by atoms with Crippen molar-refractivity contribution in [1.29, 1.82) is 0 Å². The lowest BCUT2D eigenvalue weighted by atomic mass is 10.2. The Morgan fingerprint density at radius 3 is 2.43 bits per heavy atom. The number of nitrogens with zero attached hydrogens (tertiary/aromatic N) is 1. The maximum atomic E-state index is 12.8.